The molecular formula is C51H70F10N2O9. The summed E-state index contributed by atoms with van der Waals surface area (Å²) in [4.78, 5) is 49.9. The number of ether oxygens (including phenoxy) is 3. The summed E-state index contributed by atoms with van der Waals surface area (Å²) < 4.78 is 163. The van der Waals surface area contributed by atoms with Crippen LogP contribution in [0.25, 0.3) is 0 Å². The molecule has 11 unspecified atom stereocenters. The number of aromatic nitrogens is 2. The minimum Gasteiger partial charge on any atom is -0.462 e. The van der Waals surface area contributed by atoms with E-state index in [0.29, 0.717) is 96.4 Å². The van der Waals surface area contributed by atoms with Gasteiger partial charge in [-0.15, -0.1) is 0 Å². The number of carbonyl (C=O) groups excluding carboxylic acids is 2. The topological polar surface area (TPSA) is 157 Å². The Bertz CT molecular complexity index is 2240. The minimum absolute atomic E-state index is 0.00563. The number of Topliss-reactive ketones (excluding diaryl/α,β-unsaturated/α-hetero) is 1. The molecule has 0 spiro atoms. The van der Waals surface area contributed by atoms with E-state index in [4.69, 9.17) is 9.47 Å². The number of nitrogens with zero attached hydrogens (tertiary/aromatic N) is 1. The Labute approximate surface area is 412 Å². The lowest BCUT2D eigenvalue weighted by Gasteiger charge is -2.58. The van der Waals surface area contributed by atoms with Crippen molar-refractivity contribution in [2.75, 3.05) is 13.2 Å². The summed E-state index contributed by atoms with van der Waals surface area (Å²) in [6, 6.07) is 0.703. The third kappa shape index (κ3) is 11.3. The second kappa shape index (κ2) is 22.3. The Morgan fingerprint density at radius 3 is 2.25 bits per heavy atom. The number of hydrogen-bond donors (Lipinski definition) is 3. The maximum Gasteiger partial charge on any atom is 0.384 e. The van der Waals surface area contributed by atoms with Crippen LogP contribution in [0.4, 0.5) is 43.9 Å². The normalized spacial score (nSPS) is 31.7. The number of aliphatic hydroxyl groups excluding tert-OH is 2. The largest absolute Gasteiger partial charge is 0.462 e. The number of rotatable bonds is 24. The van der Waals surface area contributed by atoms with Crippen LogP contribution < -0.4 is 11.2 Å². The number of H-pyrrole nitrogens is 1. The molecule has 1 aromatic rings. The zero-order valence-corrected chi connectivity index (χ0v) is 41.3. The SMILES string of the molecule is CC(=O)CCC(C)C1CCC2C3CC=C4C[C@H](OC(=O)CCCCCCC/C=C\CC(F)(F)C(F)(F)C(F)(F)C(F)(F)C(F)(F)COC5C(O)C(CO)OC5n5ccc(=O)[nH]c5=O)CCC4(C)C3CCC12C. The molecular weight excluding hydrogens is 975 g/mol. The minimum atomic E-state index is -7.38. The summed E-state index contributed by atoms with van der Waals surface area (Å²) in [5, 5.41) is 19.8. The standard InChI is InChI=1S/C51H70F10N2O9/c1-30(14-15-31(2)65)35-18-19-36-34-17-16-32-27-33(20-24-45(32,3)37(34)21-25-46(35,36)4)71-40(67)13-11-9-7-5-6-8-10-12-23-47(52,53)49(56,57)51(60,61)50(58,59)48(54,55)29-70-42-41(68)38(28-64)72-43(42)63-26-22-39(66)62-44(63)69/h10,12,16,22,26,30,33-38,41-43,64,68H,5-9,11,13-15,17-21,23-25,27-29H2,1-4H3,(H,62,66,69)/b12-10-/t30?,33-,34?,35?,36?,37?,38?,41?,42?,43?,45?,46?/m1/s1. The molecule has 21 heteroatoms. The monoisotopic (exact) mass is 1040 g/mol. The Balaban J connectivity index is 0.896. The number of aliphatic hydroxyl groups is 2. The second-order valence-corrected chi connectivity index (χ2v) is 21.7. The Morgan fingerprint density at radius 2 is 1.57 bits per heavy atom. The number of ketones is 1. The molecule has 0 radical (unpaired) electrons. The van der Waals surface area contributed by atoms with E-state index in [2.05, 4.69) is 31.6 Å². The highest BCUT2D eigenvalue weighted by atomic mass is 19.4. The van der Waals surface area contributed by atoms with Gasteiger partial charge in [0.2, 0.25) is 0 Å². The molecule has 1 aliphatic heterocycles. The van der Waals surface area contributed by atoms with Crippen LogP contribution >= 0.6 is 0 Å². The van der Waals surface area contributed by atoms with Gasteiger partial charge in [-0.1, -0.05) is 63.8 Å². The van der Waals surface area contributed by atoms with E-state index in [-0.39, 0.29) is 36.1 Å². The van der Waals surface area contributed by atoms with Gasteiger partial charge in [-0.25, -0.2) is 4.79 Å². The average Bonchev–Trinajstić information content (AvgIpc) is 3.83. The van der Waals surface area contributed by atoms with E-state index in [1.165, 1.54) is 31.3 Å². The first-order chi connectivity index (χ1) is 33.6. The van der Waals surface area contributed by atoms with E-state index < -0.39 is 85.0 Å². The first-order valence-electron chi connectivity index (χ1n) is 25.4. The van der Waals surface area contributed by atoms with Crippen molar-refractivity contribution in [2.24, 2.45) is 40.4 Å². The van der Waals surface area contributed by atoms with Crippen LogP contribution in [0.3, 0.4) is 0 Å². The Morgan fingerprint density at radius 1 is 0.889 bits per heavy atom. The summed E-state index contributed by atoms with van der Waals surface area (Å²) in [5.74, 6) is -30.8. The van der Waals surface area contributed by atoms with Gasteiger partial charge in [-0.2, -0.15) is 43.9 Å². The van der Waals surface area contributed by atoms with E-state index in [1.807, 2.05) is 0 Å². The number of hydrogen-bond acceptors (Lipinski definition) is 9. The first-order valence-corrected chi connectivity index (χ1v) is 25.4. The number of aromatic amines is 1. The fraction of sp³-hybridized carbons (Fsp3) is 0.804. The van der Waals surface area contributed by atoms with Gasteiger partial charge in [-0.3, -0.25) is 19.1 Å². The van der Waals surface area contributed by atoms with E-state index in [9.17, 15) is 73.3 Å². The average molecular weight is 1050 g/mol. The lowest BCUT2D eigenvalue weighted by Crippen LogP contribution is -2.68. The highest BCUT2D eigenvalue weighted by Crippen LogP contribution is 2.67. The molecule has 4 fully saturated rings. The van der Waals surface area contributed by atoms with Crippen LogP contribution in [0.15, 0.2) is 45.7 Å². The van der Waals surface area contributed by atoms with Gasteiger partial charge in [0.1, 0.15) is 36.8 Å². The first kappa shape index (κ1) is 57.7. The van der Waals surface area contributed by atoms with Gasteiger partial charge < -0.3 is 29.2 Å². The summed E-state index contributed by atoms with van der Waals surface area (Å²) in [5.41, 5.74) is -0.510. The van der Waals surface area contributed by atoms with Gasteiger partial charge in [0.25, 0.3) is 5.56 Å². The van der Waals surface area contributed by atoms with Crippen molar-refractivity contribution >= 4 is 11.8 Å². The zero-order chi connectivity index (χ0) is 53.2. The van der Waals surface area contributed by atoms with E-state index in [1.54, 1.807) is 11.9 Å². The van der Waals surface area contributed by atoms with E-state index >= 15 is 0 Å². The molecule has 72 heavy (non-hydrogen) atoms. The number of carbonyl (C=O) groups is 2. The van der Waals surface area contributed by atoms with Crippen LogP contribution in [0.1, 0.15) is 149 Å². The molecule has 3 N–H and O–H groups in total. The maximum absolute atomic E-state index is 14.8. The second-order valence-electron chi connectivity index (χ2n) is 21.7. The van der Waals surface area contributed by atoms with Crippen molar-refractivity contribution in [3.05, 3.63) is 56.9 Å². The summed E-state index contributed by atoms with van der Waals surface area (Å²) in [6.45, 7) is 4.94. The quantitative estimate of drug-likeness (QED) is 0.0397. The summed E-state index contributed by atoms with van der Waals surface area (Å²) in [6.07, 6.45) is 6.46. The van der Waals surface area contributed by atoms with Crippen molar-refractivity contribution < 1.29 is 77.9 Å². The lowest BCUT2D eigenvalue weighted by molar-refractivity contribution is -0.405. The lowest BCUT2D eigenvalue weighted by atomic mass is 9.47. The highest BCUT2D eigenvalue weighted by Gasteiger charge is 2.86. The molecule has 6 rings (SSSR count). The van der Waals surface area contributed by atoms with Crippen LogP contribution in [0.5, 0.6) is 0 Å². The van der Waals surface area contributed by atoms with E-state index in [0.717, 1.165) is 38.2 Å². The molecule has 5 aliphatic rings. The number of halogens is 10. The number of allylic oxidation sites excluding steroid dienone is 3. The Kier molecular flexibility index (Phi) is 17.9. The molecule has 408 valence electrons. The van der Waals surface area contributed by atoms with Gasteiger partial charge in [-0.05, 0) is 118 Å². The molecule has 0 amide bonds. The number of alkyl halides is 10. The van der Waals surface area contributed by atoms with Gasteiger partial charge in [0.15, 0.2) is 6.23 Å². The molecule has 1 saturated heterocycles. The van der Waals surface area contributed by atoms with Crippen LogP contribution in [0.2, 0.25) is 0 Å². The fourth-order valence-corrected chi connectivity index (χ4v) is 13.0. The molecule has 4 aliphatic carbocycles. The van der Waals surface area contributed by atoms with Crippen molar-refractivity contribution in [3.63, 3.8) is 0 Å². The summed E-state index contributed by atoms with van der Waals surface area (Å²) in [7, 11) is 0. The maximum atomic E-state index is 14.8. The van der Waals surface area contributed by atoms with Crippen LogP contribution in [0, 0.1) is 40.4 Å². The third-order valence-electron chi connectivity index (χ3n) is 17.1. The van der Waals surface area contributed by atoms with Gasteiger partial charge in [0, 0.05) is 37.9 Å². The Hall–Kier alpha value is -3.56. The van der Waals surface area contributed by atoms with Crippen molar-refractivity contribution in [1.82, 2.24) is 9.55 Å². The predicted octanol–water partition coefficient (Wildman–Crippen LogP) is 10.5. The molecule has 2 heterocycles. The molecule has 3 saturated carbocycles. The third-order valence-corrected chi connectivity index (χ3v) is 17.1. The number of unbranched alkanes of at least 4 members (excludes halogenated alkanes) is 5. The van der Waals surface area contributed by atoms with Crippen molar-refractivity contribution in [3.8, 4) is 0 Å². The molecule has 11 nitrogen and oxygen atoms in total. The predicted molar refractivity (Wildman–Crippen MR) is 243 cm³/mol. The smallest absolute Gasteiger partial charge is 0.384 e. The number of fused-ring (bicyclic) bond motifs is 5. The van der Waals surface area contributed by atoms with Crippen molar-refractivity contribution in [2.45, 2.75) is 204 Å². The fourth-order valence-electron chi connectivity index (χ4n) is 13.0. The van der Waals surface area contributed by atoms with Crippen LogP contribution in [-0.2, 0) is 23.8 Å². The van der Waals surface area contributed by atoms with Gasteiger partial charge >= 0.3 is 41.3 Å². The van der Waals surface area contributed by atoms with Gasteiger partial charge in [0.05, 0.1) is 6.61 Å². The number of nitrogens with one attached hydrogen (secondary N) is 1. The molecule has 0 bridgehead atoms. The molecule has 1 aromatic heterocycles. The van der Waals surface area contributed by atoms with Crippen LogP contribution in [-0.4, -0.2) is 98.8 Å². The highest BCUT2D eigenvalue weighted by molar-refractivity contribution is 5.75. The molecule has 12 atom stereocenters. The van der Waals surface area contributed by atoms with Crippen molar-refractivity contribution in [1.29, 1.82) is 0 Å². The summed E-state index contributed by atoms with van der Waals surface area (Å²) >= 11 is 0. The zero-order valence-electron chi connectivity index (χ0n) is 41.3. The number of esters is 1. The molecule has 0 aromatic carbocycles.